The average molecular weight is 244 g/mol. The summed E-state index contributed by atoms with van der Waals surface area (Å²) < 4.78 is 0. The molecule has 1 amide bonds. The molecule has 4 N–H and O–H groups in total. The minimum Gasteiger partial charge on any atom is -0.357 e. The fourth-order valence-electron chi connectivity index (χ4n) is 2.48. The van der Waals surface area contributed by atoms with E-state index in [4.69, 9.17) is 5.73 Å². The van der Waals surface area contributed by atoms with Crippen molar-refractivity contribution in [2.24, 2.45) is 5.73 Å². The summed E-state index contributed by atoms with van der Waals surface area (Å²) in [6.45, 7) is 1.20. The lowest BCUT2D eigenvalue weighted by atomic mass is 10.1. The van der Waals surface area contributed by atoms with Crippen molar-refractivity contribution in [3.05, 3.63) is 36.0 Å². The van der Waals surface area contributed by atoms with E-state index >= 15 is 0 Å². The van der Waals surface area contributed by atoms with Crippen LogP contribution in [0.2, 0.25) is 0 Å². The third kappa shape index (κ3) is 1.87. The van der Waals surface area contributed by atoms with Crippen molar-refractivity contribution in [1.29, 1.82) is 0 Å². The van der Waals surface area contributed by atoms with Gasteiger partial charge in [-0.1, -0.05) is 18.2 Å². The molecule has 1 saturated heterocycles. The molecular weight excluding hydrogens is 228 g/mol. The number of H-pyrrole nitrogens is 1. The van der Waals surface area contributed by atoms with Crippen LogP contribution in [0.25, 0.3) is 10.9 Å². The zero-order valence-electron chi connectivity index (χ0n) is 9.97. The molecule has 1 aromatic heterocycles. The van der Waals surface area contributed by atoms with Crippen LogP contribution in [0.4, 0.5) is 0 Å². The van der Waals surface area contributed by atoms with Crippen molar-refractivity contribution in [3.63, 3.8) is 0 Å². The van der Waals surface area contributed by atoms with E-state index in [0.29, 0.717) is 13.1 Å². The third-order valence-electron chi connectivity index (χ3n) is 3.43. The molecule has 94 valence electrons. The molecule has 0 saturated carbocycles. The standard InChI is InChI=1S/C13H16N4O/c14-13-7-17(8-18)12(6-15-13)11-5-9-3-1-2-4-10(9)16-11/h1-5,8,12-13,15-16H,6-7,14H2. The summed E-state index contributed by atoms with van der Waals surface area (Å²) in [6, 6.07) is 10.2. The summed E-state index contributed by atoms with van der Waals surface area (Å²) in [5.74, 6) is 0. The Morgan fingerprint density at radius 3 is 3.00 bits per heavy atom. The smallest absolute Gasteiger partial charge is 0.210 e. The predicted octanol–water partition coefficient (Wildman–Crippen LogP) is 0.555. The summed E-state index contributed by atoms with van der Waals surface area (Å²) in [6.07, 6.45) is 0.729. The Bertz CT molecular complexity index is 532. The summed E-state index contributed by atoms with van der Waals surface area (Å²) in [5.41, 5.74) is 7.93. The Morgan fingerprint density at radius 1 is 1.39 bits per heavy atom. The van der Waals surface area contributed by atoms with Gasteiger partial charge in [0.15, 0.2) is 0 Å². The number of para-hydroxylation sites is 1. The summed E-state index contributed by atoms with van der Waals surface area (Å²) in [7, 11) is 0. The molecule has 0 aliphatic carbocycles. The van der Waals surface area contributed by atoms with Crippen LogP contribution in [0, 0.1) is 0 Å². The van der Waals surface area contributed by atoms with Crippen LogP contribution in [0.3, 0.4) is 0 Å². The van der Waals surface area contributed by atoms with Crippen molar-refractivity contribution >= 4 is 17.3 Å². The number of nitrogens with one attached hydrogen (secondary N) is 2. The average Bonchev–Trinajstić information content (AvgIpc) is 2.82. The molecular formula is C13H16N4O. The van der Waals surface area contributed by atoms with Gasteiger partial charge in [-0.25, -0.2) is 0 Å². The molecule has 2 unspecified atom stereocenters. The number of piperazine rings is 1. The van der Waals surface area contributed by atoms with Crippen LogP contribution in [0.5, 0.6) is 0 Å². The van der Waals surface area contributed by atoms with E-state index in [2.05, 4.69) is 22.4 Å². The van der Waals surface area contributed by atoms with Crippen molar-refractivity contribution in [2.45, 2.75) is 12.2 Å². The number of aromatic nitrogens is 1. The molecule has 1 fully saturated rings. The highest BCUT2D eigenvalue weighted by molar-refractivity contribution is 5.80. The summed E-state index contributed by atoms with van der Waals surface area (Å²) in [4.78, 5) is 16.2. The normalized spacial score (nSPS) is 24.4. The van der Waals surface area contributed by atoms with E-state index in [1.54, 1.807) is 4.90 Å². The number of hydrogen-bond donors (Lipinski definition) is 3. The molecule has 2 atom stereocenters. The topological polar surface area (TPSA) is 74.1 Å². The van der Waals surface area contributed by atoms with Crippen LogP contribution < -0.4 is 11.1 Å². The number of nitrogens with two attached hydrogens (primary N) is 1. The Kier molecular flexibility index (Phi) is 2.77. The molecule has 18 heavy (non-hydrogen) atoms. The van der Waals surface area contributed by atoms with Crippen molar-refractivity contribution in [3.8, 4) is 0 Å². The van der Waals surface area contributed by atoms with Crippen molar-refractivity contribution in [1.82, 2.24) is 15.2 Å². The van der Waals surface area contributed by atoms with Crippen LogP contribution in [0.1, 0.15) is 11.7 Å². The van der Waals surface area contributed by atoms with E-state index in [1.165, 1.54) is 0 Å². The van der Waals surface area contributed by atoms with Gasteiger partial charge in [-0.05, 0) is 17.5 Å². The first-order chi connectivity index (χ1) is 8.78. The van der Waals surface area contributed by atoms with Gasteiger partial charge in [0.05, 0.1) is 12.2 Å². The summed E-state index contributed by atoms with van der Waals surface area (Å²) >= 11 is 0. The highest BCUT2D eigenvalue weighted by Gasteiger charge is 2.27. The van der Waals surface area contributed by atoms with Crippen molar-refractivity contribution < 1.29 is 4.79 Å². The molecule has 2 aromatic rings. The molecule has 1 aliphatic heterocycles. The second-order valence-corrected chi connectivity index (χ2v) is 4.64. The minimum atomic E-state index is -0.143. The second-order valence-electron chi connectivity index (χ2n) is 4.64. The number of nitrogens with zero attached hydrogens (tertiary/aromatic N) is 1. The number of rotatable bonds is 2. The van der Waals surface area contributed by atoms with Gasteiger partial charge in [-0.3, -0.25) is 10.1 Å². The first-order valence-electron chi connectivity index (χ1n) is 6.05. The lowest BCUT2D eigenvalue weighted by Crippen LogP contribution is -2.55. The highest BCUT2D eigenvalue weighted by atomic mass is 16.1. The maximum Gasteiger partial charge on any atom is 0.210 e. The van der Waals surface area contributed by atoms with Gasteiger partial charge in [0.2, 0.25) is 6.41 Å². The van der Waals surface area contributed by atoms with E-state index in [1.807, 2.05) is 18.2 Å². The number of fused-ring (bicyclic) bond motifs is 1. The maximum absolute atomic E-state index is 11.1. The van der Waals surface area contributed by atoms with Gasteiger partial charge < -0.3 is 15.6 Å². The van der Waals surface area contributed by atoms with Gasteiger partial charge in [0, 0.05) is 24.3 Å². The fourth-order valence-corrected chi connectivity index (χ4v) is 2.48. The predicted molar refractivity (Wildman–Crippen MR) is 69.8 cm³/mol. The van der Waals surface area contributed by atoms with Crippen LogP contribution in [-0.2, 0) is 4.79 Å². The highest BCUT2D eigenvalue weighted by Crippen LogP contribution is 2.24. The summed E-state index contributed by atoms with van der Waals surface area (Å²) in [5, 5.41) is 4.36. The van der Waals surface area contributed by atoms with E-state index < -0.39 is 0 Å². The Balaban J connectivity index is 1.95. The van der Waals surface area contributed by atoms with Gasteiger partial charge >= 0.3 is 0 Å². The Labute approximate surface area is 105 Å². The first-order valence-corrected chi connectivity index (χ1v) is 6.05. The molecule has 0 radical (unpaired) electrons. The van der Waals surface area contributed by atoms with Gasteiger partial charge in [0.25, 0.3) is 0 Å². The quantitative estimate of drug-likeness (QED) is 0.676. The molecule has 5 nitrogen and oxygen atoms in total. The number of aromatic amines is 1. The van der Waals surface area contributed by atoms with Gasteiger partial charge in [-0.15, -0.1) is 0 Å². The van der Waals surface area contributed by atoms with Crippen LogP contribution in [-0.4, -0.2) is 35.5 Å². The van der Waals surface area contributed by atoms with E-state index in [-0.39, 0.29) is 12.2 Å². The fraction of sp³-hybridized carbons (Fsp3) is 0.308. The van der Waals surface area contributed by atoms with Crippen molar-refractivity contribution in [2.75, 3.05) is 13.1 Å². The number of amides is 1. The Hall–Kier alpha value is -1.85. The third-order valence-corrected chi connectivity index (χ3v) is 3.43. The maximum atomic E-state index is 11.1. The zero-order valence-corrected chi connectivity index (χ0v) is 9.97. The molecule has 2 heterocycles. The SMILES string of the molecule is NC1CN(C=O)C(c2cc3ccccc3[nH]2)CN1. The number of carbonyl (C=O) groups is 1. The molecule has 5 heteroatoms. The van der Waals surface area contributed by atoms with Gasteiger partial charge in [-0.2, -0.15) is 0 Å². The van der Waals surface area contributed by atoms with E-state index in [0.717, 1.165) is 23.0 Å². The lowest BCUT2D eigenvalue weighted by Gasteiger charge is -2.36. The molecule has 0 spiro atoms. The molecule has 3 rings (SSSR count). The van der Waals surface area contributed by atoms with Gasteiger partial charge in [0.1, 0.15) is 0 Å². The monoisotopic (exact) mass is 244 g/mol. The van der Waals surface area contributed by atoms with E-state index in [9.17, 15) is 4.79 Å². The first kappa shape index (κ1) is 11.3. The molecule has 0 bridgehead atoms. The van der Waals surface area contributed by atoms with Crippen LogP contribution >= 0.6 is 0 Å². The second kappa shape index (κ2) is 4.44. The van der Waals surface area contributed by atoms with Crippen LogP contribution in [0.15, 0.2) is 30.3 Å². The number of carbonyl (C=O) groups excluding carboxylic acids is 1. The Morgan fingerprint density at radius 2 is 2.22 bits per heavy atom. The molecule has 1 aromatic carbocycles. The largest absolute Gasteiger partial charge is 0.357 e. The minimum absolute atomic E-state index is 0.0229. The molecule has 1 aliphatic rings. The number of benzene rings is 1. The zero-order chi connectivity index (χ0) is 12.5. The lowest BCUT2D eigenvalue weighted by molar-refractivity contribution is -0.121. The number of hydrogen-bond acceptors (Lipinski definition) is 3.